The zero-order valence-corrected chi connectivity index (χ0v) is 9.45. The molecule has 0 spiro atoms. The monoisotopic (exact) mass is 247 g/mol. The largest absolute Gasteiger partial charge is 0.248 e. The van der Waals surface area contributed by atoms with Crippen molar-refractivity contribution in [1.29, 1.82) is 0 Å². The van der Waals surface area contributed by atoms with E-state index >= 15 is 0 Å². The van der Waals surface area contributed by atoms with Crippen LogP contribution in [0.3, 0.4) is 0 Å². The summed E-state index contributed by atoms with van der Waals surface area (Å²) in [7, 11) is 0. The molecule has 0 unspecified atom stereocenters. The Morgan fingerprint density at radius 3 is 2.86 bits per heavy atom. The first-order chi connectivity index (χ1) is 6.81. The van der Waals surface area contributed by atoms with Gasteiger partial charge in [0.15, 0.2) is 0 Å². The molecule has 0 N–H and O–H groups in total. The smallest absolute Gasteiger partial charge is 0.0720 e. The topological polar surface area (TPSA) is 12.9 Å². The van der Waals surface area contributed by atoms with Gasteiger partial charge in [0.05, 0.1) is 11.2 Å². The van der Waals surface area contributed by atoms with Gasteiger partial charge in [-0.2, -0.15) is 0 Å². The number of nitrogens with zero attached hydrogens (tertiary/aromatic N) is 1. The average molecular weight is 248 g/mol. The first-order valence-corrected chi connectivity index (χ1v) is 5.28. The van der Waals surface area contributed by atoms with Gasteiger partial charge in [-0.15, -0.1) is 0 Å². The van der Waals surface area contributed by atoms with Crippen molar-refractivity contribution < 1.29 is 0 Å². The average Bonchev–Trinajstić information content (AvgIpc) is 2.18. The molecule has 1 aromatic carbocycles. The lowest BCUT2D eigenvalue weighted by Gasteiger charge is -2.01. The Bertz CT molecular complexity index is 489. The Labute approximate surface area is 91.6 Å². The maximum atomic E-state index is 4.51. The van der Waals surface area contributed by atoms with Crippen LogP contribution in [0.25, 0.3) is 17.0 Å². The molecule has 2 heteroatoms. The number of pyridine rings is 1. The quantitative estimate of drug-likeness (QED) is 0.742. The molecule has 2 rings (SSSR count). The van der Waals surface area contributed by atoms with Gasteiger partial charge >= 0.3 is 0 Å². The van der Waals surface area contributed by atoms with E-state index in [1.54, 1.807) is 0 Å². The number of fused-ring (bicyclic) bond motifs is 1. The second-order valence-electron chi connectivity index (χ2n) is 3.05. The van der Waals surface area contributed by atoms with Crippen LogP contribution >= 0.6 is 15.9 Å². The van der Waals surface area contributed by atoms with E-state index in [0.717, 1.165) is 21.1 Å². The number of hydrogen-bond acceptors (Lipinski definition) is 1. The Balaban J connectivity index is 2.72. The van der Waals surface area contributed by atoms with Gasteiger partial charge < -0.3 is 0 Å². The van der Waals surface area contributed by atoms with Gasteiger partial charge in [0.1, 0.15) is 0 Å². The minimum Gasteiger partial charge on any atom is -0.248 e. The molecule has 70 valence electrons. The number of hydrogen-bond donors (Lipinski definition) is 0. The number of halogens is 1. The first-order valence-electron chi connectivity index (χ1n) is 4.49. The van der Waals surface area contributed by atoms with Crippen LogP contribution in [0.15, 0.2) is 40.9 Å². The Morgan fingerprint density at radius 1 is 1.29 bits per heavy atom. The molecule has 0 radical (unpaired) electrons. The zero-order valence-electron chi connectivity index (χ0n) is 7.87. The van der Waals surface area contributed by atoms with Crippen LogP contribution in [0.1, 0.15) is 12.6 Å². The van der Waals surface area contributed by atoms with Gasteiger partial charge in [0.2, 0.25) is 0 Å². The third kappa shape index (κ3) is 1.70. The SMILES string of the molecule is C/C=C/c1cc(Br)c2ccccc2n1. The summed E-state index contributed by atoms with van der Waals surface area (Å²) in [5.41, 5.74) is 2.01. The highest BCUT2D eigenvalue weighted by atomic mass is 79.9. The summed E-state index contributed by atoms with van der Waals surface area (Å²) < 4.78 is 1.09. The third-order valence-electron chi connectivity index (χ3n) is 2.02. The van der Waals surface area contributed by atoms with Gasteiger partial charge in [-0.25, -0.2) is 4.98 Å². The molecule has 0 aliphatic carbocycles. The number of para-hydroxylation sites is 1. The van der Waals surface area contributed by atoms with Crippen molar-refractivity contribution in [2.75, 3.05) is 0 Å². The predicted molar refractivity (Wildman–Crippen MR) is 64.2 cm³/mol. The van der Waals surface area contributed by atoms with Crippen LogP contribution in [0.2, 0.25) is 0 Å². The van der Waals surface area contributed by atoms with Crippen LogP contribution in [0.4, 0.5) is 0 Å². The van der Waals surface area contributed by atoms with Gasteiger partial charge in [0, 0.05) is 9.86 Å². The highest BCUT2D eigenvalue weighted by molar-refractivity contribution is 9.10. The fraction of sp³-hybridized carbons (Fsp3) is 0.0833. The molecule has 1 heterocycles. The molecule has 14 heavy (non-hydrogen) atoms. The summed E-state index contributed by atoms with van der Waals surface area (Å²) in [6, 6.07) is 10.1. The van der Waals surface area contributed by atoms with Crippen molar-refractivity contribution in [1.82, 2.24) is 4.98 Å². The summed E-state index contributed by atoms with van der Waals surface area (Å²) in [6.07, 6.45) is 3.99. The molecule has 0 aliphatic heterocycles. The second-order valence-corrected chi connectivity index (χ2v) is 3.90. The summed E-state index contributed by atoms with van der Waals surface area (Å²) in [4.78, 5) is 4.51. The van der Waals surface area contributed by atoms with E-state index in [0.29, 0.717) is 0 Å². The summed E-state index contributed by atoms with van der Waals surface area (Å²) in [6.45, 7) is 1.99. The molecule has 1 aromatic heterocycles. The Morgan fingerprint density at radius 2 is 2.07 bits per heavy atom. The van der Waals surface area contributed by atoms with Gasteiger partial charge in [0.25, 0.3) is 0 Å². The maximum absolute atomic E-state index is 4.51. The van der Waals surface area contributed by atoms with Crippen LogP contribution in [0.5, 0.6) is 0 Å². The lowest BCUT2D eigenvalue weighted by molar-refractivity contribution is 1.36. The number of rotatable bonds is 1. The minimum absolute atomic E-state index is 0.984. The summed E-state index contributed by atoms with van der Waals surface area (Å²) in [5.74, 6) is 0. The fourth-order valence-corrected chi connectivity index (χ4v) is 1.98. The van der Waals surface area contributed by atoms with E-state index in [-0.39, 0.29) is 0 Å². The van der Waals surface area contributed by atoms with Crippen molar-refractivity contribution in [3.63, 3.8) is 0 Å². The van der Waals surface area contributed by atoms with Gasteiger partial charge in [-0.3, -0.25) is 0 Å². The lowest BCUT2D eigenvalue weighted by Crippen LogP contribution is -1.84. The van der Waals surface area contributed by atoms with E-state index in [1.807, 2.05) is 43.3 Å². The van der Waals surface area contributed by atoms with Crippen molar-refractivity contribution in [3.8, 4) is 0 Å². The second kappa shape index (κ2) is 3.93. The van der Waals surface area contributed by atoms with E-state index in [1.165, 1.54) is 0 Å². The van der Waals surface area contributed by atoms with Crippen molar-refractivity contribution in [2.45, 2.75) is 6.92 Å². The van der Waals surface area contributed by atoms with Crippen LogP contribution in [0, 0.1) is 0 Å². The van der Waals surface area contributed by atoms with Gasteiger partial charge in [-0.1, -0.05) is 40.2 Å². The van der Waals surface area contributed by atoms with Crippen molar-refractivity contribution >= 4 is 32.9 Å². The Kier molecular flexibility index (Phi) is 2.64. The van der Waals surface area contributed by atoms with E-state index in [4.69, 9.17) is 0 Å². The van der Waals surface area contributed by atoms with Crippen LogP contribution in [-0.4, -0.2) is 4.98 Å². The molecule has 0 atom stereocenters. The Hall–Kier alpha value is -1.15. The van der Waals surface area contributed by atoms with E-state index in [9.17, 15) is 0 Å². The highest BCUT2D eigenvalue weighted by Crippen LogP contribution is 2.23. The lowest BCUT2D eigenvalue weighted by atomic mass is 10.2. The molecule has 0 saturated carbocycles. The standard InChI is InChI=1S/C12H10BrN/c1-2-5-9-8-11(13)10-6-3-4-7-12(10)14-9/h2-8H,1H3/b5-2+. The first kappa shape index (κ1) is 9.41. The summed E-state index contributed by atoms with van der Waals surface area (Å²) >= 11 is 3.54. The molecular weight excluding hydrogens is 238 g/mol. The van der Waals surface area contributed by atoms with Crippen molar-refractivity contribution in [3.05, 3.63) is 46.6 Å². The number of benzene rings is 1. The third-order valence-corrected chi connectivity index (χ3v) is 2.68. The predicted octanol–water partition coefficient (Wildman–Crippen LogP) is 4.03. The summed E-state index contributed by atoms with van der Waals surface area (Å²) in [5, 5.41) is 1.15. The molecule has 1 nitrogen and oxygen atoms in total. The molecule has 0 amide bonds. The molecule has 0 bridgehead atoms. The van der Waals surface area contributed by atoms with Crippen molar-refractivity contribution in [2.24, 2.45) is 0 Å². The number of allylic oxidation sites excluding steroid dienone is 1. The number of aromatic nitrogens is 1. The van der Waals surface area contributed by atoms with E-state index < -0.39 is 0 Å². The zero-order chi connectivity index (χ0) is 9.97. The molecule has 0 aliphatic rings. The molecular formula is C12H10BrN. The van der Waals surface area contributed by atoms with Crippen LogP contribution in [-0.2, 0) is 0 Å². The fourth-order valence-electron chi connectivity index (χ4n) is 1.41. The van der Waals surface area contributed by atoms with Crippen LogP contribution < -0.4 is 0 Å². The normalized spacial score (nSPS) is 11.3. The molecule has 0 saturated heterocycles. The van der Waals surface area contributed by atoms with Gasteiger partial charge in [-0.05, 0) is 25.1 Å². The highest BCUT2D eigenvalue weighted by Gasteiger charge is 2.00. The maximum Gasteiger partial charge on any atom is 0.0720 e. The molecule has 0 fully saturated rings. The molecule has 2 aromatic rings. The van der Waals surface area contributed by atoms with E-state index in [2.05, 4.69) is 27.0 Å². The minimum atomic E-state index is 0.984.